The van der Waals surface area contributed by atoms with E-state index in [1.165, 1.54) is 9.79 Å². The zero-order chi connectivity index (χ0) is 23.6. The average Bonchev–Trinajstić information content (AvgIpc) is 3.33. The first-order chi connectivity index (χ1) is 17.3. The van der Waals surface area contributed by atoms with Gasteiger partial charge in [-0.3, -0.25) is 0 Å². The molecule has 0 radical (unpaired) electrons. The summed E-state index contributed by atoms with van der Waals surface area (Å²) in [5.41, 5.74) is 6.36. The van der Waals surface area contributed by atoms with Crippen LogP contribution in [0.2, 0.25) is 0 Å². The van der Waals surface area contributed by atoms with Gasteiger partial charge in [0.15, 0.2) is 0 Å². The first kappa shape index (κ1) is 21.7. The van der Waals surface area contributed by atoms with Crippen LogP contribution in [0.3, 0.4) is 0 Å². The Bertz CT molecular complexity index is 1400. The Balaban J connectivity index is 1.34. The van der Waals surface area contributed by atoms with E-state index in [2.05, 4.69) is 82.3 Å². The molecule has 172 valence electrons. The highest BCUT2D eigenvalue weighted by Gasteiger charge is 2.25. The van der Waals surface area contributed by atoms with E-state index in [4.69, 9.17) is 4.98 Å². The number of anilines is 2. The number of hydrogen-bond acceptors (Lipinski definition) is 4. The maximum absolute atomic E-state index is 11.4. The largest absolute Gasteiger partial charge is 0.389 e. The predicted octanol–water partition coefficient (Wildman–Crippen LogP) is 6.88. The van der Waals surface area contributed by atoms with Crippen LogP contribution in [0.4, 0.5) is 11.4 Å². The van der Waals surface area contributed by atoms with Crippen molar-refractivity contribution in [2.45, 2.75) is 22.4 Å². The number of nitrogens with zero attached hydrogens (tertiary/aromatic N) is 3. The highest BCUT2D eigenvalue weighted by molar-refractivity contribution is 7.99. The molecule has 1 N–H and O–H groups in total. The van der Waals surface area contributed by atoms with Crippen LogP contribution >= 0.6 is 11.8 Å². The number of imidazole rings is 1. The summed E-state index contributed by atoms with van der Waals surface area (Å²) in [6.07, 6.45) is 1.25. The molecule has 1 atom stereocenters. The maximum Gasteiger partial charge on any atom is 0.0963 e. The lowest BCUT2D eigenvalue weighted by Gasteiger charge is -2.34. The summed E-state index contributed by atoms with van der Waals surface area (Å²) in [5.74, 6) is 0. The van der Waals surface area contributed by atoms with Gasteiger partial charge in [0, 0.05) is 20.9 Å². The fraction of sp³-hybridized carbons (Fsp3) is 0.100. The Hall–Kier alpha value is -3.80. The molecule has 2 heterocycles. The van der Waals surface area contributed by atoms with Crippen molar-refractivity contribution in [1.29, 1.82) is 0 Å². The normalized spacial score (nSPS) is 13.2. The molecule has 0 aliphatic carbocycles. The minimum atomic E-state index is -0.598. The second kappa shape index (κ2) is 9.45. The molecule has 4 aromatic carbocycles. The van der Waals surface area contributed by atoms with Gasteiger partial charge in [-0.05, 0) is 24.3 Å². The number of aromatic nitrogens is 2. The highest BCUT2D eigenvalue weighted by Crippen LogP contribution is 2.47. The molecule has 0 saturated carbocycles. The van der Waals surface area contributed by atoms with Gasteiger partial charge in [-0.25, -0.2) is 4.98 Å². The lowest BCUT2D eigenvalue weighted by molar-refractivity contribution is 0.162. The fourth-order valence-electron chi connectivity index (χ4n) is 4.70. The molecule has 0 bridgehead atoms. The van der Waals surface area contributed by atoms with Crippen molar-refractivity contribution in [2.24, 2.45) is 0 Å². The first-order valence-electron chi connectivity index (χ1n) is 11.8. The summed E-state index contributed by atoms with van der Waals surface area (Å²) >= 11 is 1.78. The van der Waals surface area contributed by atoms with Gasteiger partial charge in [0.1, 0.15) is 0 Å². The van der Waals surface area contributed by atoms with Gasteiger partial charge in [0.25, 0.3) is 0 Å². The van der Waals surface area contributed by atoms with E-state index in [0.29, 0.717) is 13.1 Å². The standard InChI is InChI=1S/C30H25N3OS/c34-24(20-33-25-15-7-9-17-27(25)35-28-18-10-8-16-26(28)33)19-32-21-31-29(22-11-3-1-4-12-22)30(32)23-13-5-2-6-14-23/h1-18,21,24,34H,19-20H2/t24-/m1/s1. The van der Waals surface area contributed by atoms with Crippen LogP contribution in [0, 0.1) is 0 Å². The van der Waals surface area contributed by atoms with Crippen LogP contribution < -0.4 is 4.90 Å². The molecular formula is C30H25N3OS. The lowest BCUT2D eigenvalue weighted by Crippen LogP contribution is -2.33. The molecule has 5 heteroatoms. The number of hydrogen-bond donors (Lipinski definition) is 1. The van der Waals surface area contributed by atoms with E-state index < -0.39 is 6.10 Å². The molecule has 0 saturated heterocycles. The molecule has 35 heavy (non-hydrogen) atoms. The van der Waals surface area contributed by atoms with E-state index in [-0.39, 0.29) is 0 Å². The predicted molar refractivity (Wildman–Crippen MR) is 143 cm³/mol. The number of β-amino-alcohol motifs (C(OH)–C–C–N with tert-alkyl or cyclic N) is 1. The smallest absolute Gasteiger partial charge is 0.0963 e. The summed E-state index contributed by atoms with van der Waals surface area (Å²) in [6, 6.07) is 37.3. The van der Waals surface area contributed by atoms with Crippen LogP contribution in [0.15, 0.2) is 125 Å². The topological polar surface area (TPSA) is 41.3 Å². The Labute approximate surface area is 209 Å². The summed E-state index contributed by atoms with van der Waals surface area (Å²) in [4.78, 5) is 9.42. The molecular weight excluding hydrogens is 450 g/mol. The highest BCUT2D eigenvalue weighted by atomic mass is 32.2. The van der Waals surface area contributed by atoms with E-state index in [0.717, 1.165) is 33.9 Å². The van der Waals surface area contributed by atoms with Crippen LogP contribution in [-0.2, 0) is 6.54 Å². The molecule has 0 fully saturated rings. The number of para-hydroxylation sites is 2. The zero-order valence-corrected chi connectivity index (χ0v) is 20.0. The van der Waals surface area contributed by atoms with Gasteiger partial charge in [0.05, 0.1) is 48.3 Å². The molecule has 4 nitrogen and oxygen atoms in total. The number of aliphatic hydroxyl groups excluding tert-OH is 1. The average molecular weight is 476 g/mol. The maximum atomic E-state index is 11.4. The summed E-state index contributed by atoms with van der Waals surface area (Å²) < 4.78 is 2.08. The van der Waals surface area contributed by atoms with Crippen molar-refractivity contribution in [2.75, 3.05) is 11.4 Å². The van der Waals surface area contributed by atoms with E-state index in [1.807, 2.05) is 42.7 Å². The number of rotatable bonds is 6. The van der Waals surface area contributed by atoms with Gasteiger partial charge < -0.3 is 14.6 Å². The van der Waals surface area contributed by atoms with Crippen molar-refractivity contribution in [3.05, 3.63) is 116 Å². The van der Waals surface area contributed by atoms with Crippen molar-refractivity contribution >= 4 is 23.1 Å². The molecule has 5 aromatic rings. The monoisotopic (exact) mass is 475 g/mol. The van der Waals surface area contributed by atoms with Crippen LogP contribution in [-0.4, -0.2) is 27.3 Å². The quantitative estimate of drug-likeness (QED) is 0.291. The molecule has 1 aromatic heterocycles. The second-order valence-corrected chi connectivity index (χ2v) is 9.71. The van der Waals surface area contributed by atoms with Crippen molar-refractivity contribution < 1.29 is 5.11 Å². The van der Waals surface area contributed by atoms with E-state index in [9.17, 15) is 5.11 Å². The fourth-order valence-corrected chi connectivity index (χ4v) is 5.80. The van der Waals surface area contributed by atoms with Crippen LogP contribution in [0.25, 0.3) is 22.5 Å². The summed E-state index contributed by atoms with van der Waals surface area (Å²) in [7, 11) is 0. The van der Waals surface area contributed by atoms with Gasteiger partial charge in [0.2, 0.25) is 0 Å². The number of benzene rings is 4. The molecule has 6 rings (SSSR count). The van der Waals surface area contributed by atoms with Gasteiger partial charge in [-0.2, -0.15) is 0 Å². The second-order valence-electron chi connectivity index (χ2n) is 8.63. The van der Waals surface area contributed by atoms with Crippen molar-refractivity contribution in [3.8, 4) is 22.5 Å². The Morgan fingerprint density at radius 1 is 0.657 bits per heavy atom. The number of aliphatic hydroxyl groups is 1. The minimum Gasteiger partial charge on any atom is -0.389 e. The third-order valence-electron chi connectivity index (χ3n) is 6.26. The molecule has 0 spiro atoms. The third kappa shape index (κ3) is 4.25. The van der Waals surface area contributed by atoms with E-state index >= 15 is 0 Å². The SMILES string of the molecule is O[C@@H](CN1c2ccccc2Sc2ccccc21)Cn1cnc(-c2ccccc2)c1-c1ccccc1. The molecule has 1 aliphatic rings. The lowest BCUT2D eigenvalue weighted by atomic mass is 10.0. The molecule has 0 amide bonds. The Morgan fingerprint density at radius 3 is 1.83 bits per heavy atom. The minimum absolute atomic E-state index is 0.442. The number of fused-ring (bicyclic) bond motifs is 2. The molecule has 1 aliphatic heterocycles. The Morgan fingerprint density at radius 2 is 1.20 bits per heavy atom. The Kier molecular flexibility index (Phi) is 5.86. The van der Waals surface area contributed by atoms with Crippen LogP contribution in [0.5, 0.6) is 0 Å². The summed E-state index contributed by atoms with van der Waals surface area (Å²) in [5, 5.41) is 11.4. The van der Waals surface area contributed by atoms with Crippen LogP contribution in [0.1, 0.15) is 0 Å². The van der Waals surface area contributed by atoms with Gasteiger partial charge in [-0.1, -0.05) is 96.7 Å². The van der Waals surface area contributed by atoms with Gasteiger partial charge >= 0.3 is 0 Å². The third-order valence-corrected chi connectivity index (χ3v) is 7.40. The first-order valence-corrected chi connectivity index (χ1v) is 12.6. The van der Waals surface area contributed by atoms with Crippen molar-refractivity contribution in [1.82, 2.24) is 9.55 Å². The zero-order valence-electron chi connectivity index (χ0n) is 19.2. The van der Waals surface area contributed by atoms with Crippen molar-refractivity contribution in [3.63, 3.8) is 0 Å². The van der Waals surface area contributed by atoms with Gasteiger partial charge in [-0.15, -0.1) is 0 Å². The summed E-state index contributed by atoms with van der Waals surface area (Å²) in [6.45, 7) is 0.930. The van der Waals surface area contributed by atoms with E-state index in [1.54, 1.807) is 11.8 Å². The molecule has 0 unspecified atom stereocenters.